The van der Waals surface area contributed by atoms with E-state index in [1.165, 1.54) is 19.2 Å². The van der Waals surface area contributed by atoms with Gasteiger partial charge in [-0.15, -0.1) is 0 Å². The highest BCUT2D eigenvalue weighted by Crippen LogP contribution is 2.33. The summed E-state index contributed by atoms with van der Waals surface area (Å²) in [5.74, 6) is -0.229. The SMILES string of the molecule is COC(=O)c1cc(Cl)cc(Cl)c1OC(C)C. The predicted molar refractivity (Wildman–Crippen MR) is 63.6 cm³/mol. The molecule has 0 heterocycles. The highest BCUT2D eigenvalue weighted by molar-refractivity contribution is 6.36. The van der Waals surface area contributed by atoms with Gasteiger partial charge in [0.1, 0.15) is 5.56 Å². The summed E-state index contributed by atoms with van der Waals surface area (Å²) in [4.78, 5) is 11.5. The van der Waals surface area contributed by atoms with Crippen molar-refractivity contribution in [3.05, 3.63) is 27.7 Å². The Morgan fingerprint density at radius 3 is 2.44 bits per heavy atom. The Kier molecular flexibility index (Phi) is 4.44. The quantitative estimate of drug-likeness (QED) is 0.782. The maximum absolute atomic E-state index is 11.5. The van der Waals surface area contributed by atoms with Gasteiger partial charge in [0.15, 0.2) is 5.75 Å². The fraction of sp³-hybridized carbons (Fsp3) is 0.364. The molecule has 16 heavy (non-hydrogen) atoms. The fourth-order valence-corrected chi connectivity index (χ4v) is 1.72. The van der Waals surface area contributed by atoms with Crippen LogP contribution in [0.3, 0.4) is 0 Å². The van der Waals surface area contributed by atoms with E-state index in [1.54, 1.807) is 0 Å². The monoisotopic (exact) mass is 262 g/mol. The van der Waals surface area contributed by atoms with Crippen LogP contribution in [0.2, 0.25) is 10.0 Å². The van der Waals surface area contributed by atoms with Crippen molar-refractivity contribution in [2.75, 3.05) is 7.11 Å². The van der Waals surface area contributed by atoms with Gasteiger partial charge in [-0.1, -0.05) is 23.2 Å². The summed E-state index contributed by atoms with van der Waals surface area (Å²) in [6, 6.07) is 2.99. The van der Waals surface area contributed by atoms with Crippen molar-refractivity contribution in [3.8, 4) is 5.75 Å². The number of methoxy groups -OCH3 is 1. The van der Waals surface area contributed by atoms with E-state index in [0.717, 1.165) is 0 Å². The van der Waals surface area contributed by atoms with Gasteiger partial charge in [-0.3, -0.25) is 0 Å². The molecule has 0 bridgehead atoms. The molecule has 0 aliphatic carbocycles. The maximum atomic E-state index is 11.5. The summed E-state index contributed by atoms with van der Waals surface area (Å²) in [6.45, 7) is 3.68. The molecule has 0 fully saturated rings. The van der Waals surface area contributed by atoms with Gasteiger partial charge in [0.05, 0.1) is 18.2 Å². The molecular formula is C11H12Cl2O3. The lowest BCUT2D eigenvalue weighted by Gasteiger charge is -2.14. The molecule has 1 aromatic carbocycles. The molecular weight excluding hydrogens is 251 g/mol. The van der Waals surface area contributed by atoms with Gasteiger partial charge in [0, 0.05) is 5.02 Å². The van der Waals surface area contributed by atoms with Crippen LogP contribution in [-0.2, 0) is 4.74 Å². The third-order valence-corrected chi connectivity index (χ3v) is 2.27. The number of carbonyl (C=O) groups excluding carboxylic acids is 1. The Balaban J connectivity index is 3.26. The van der Waals surface area contributed by atoms with Crippen LogP contribution >= 0.6 is 23.2 Å². The summed E-state index contributed by atoms with van der Waals surface area (Å²) in [7, 11) is 1.29. The number of rotatable bonds is 3. The number of halogens is 2. The van der Waals surface area contributed by atoms with Gasteiger partial charge < -0.3 is 9.47 Å². The molecule has 0 radical (unpaired) electrons. The first-order valence-corrected chi connectivity index (χ1v) is 5.45. The van der Waals surface area contributed by atoms with Gasteiger partial charge >= 0.3 is 5.97 Å². The molecule has 0 aromatic heterocycles. The molecule has 0 saturated carbocycles. The van der Waals surface area contributed by atoms with Crippen molar-refractivity contribution < 1.29 is 14.3 Å². The Morgan fingerprint density at radius 1 is 1.31 bits per heavy atom. The van der Waals surface area contributed by atoms with Crippen LogP contribution in [0.1, 0.15) is 24.2 Å². The third-order valence-electron chi connectivity index (χ3n) is 1.77. The number of ether oxygens (including phenoxy) is 2. The average molecular weight is 263 g/mol. The van der Waals surface area contributed by atoms with E-state index < -0.39 is 5.97 Å². The van der Waals surface area contributed by atoms with Crippen molar-refractivity contribution in [2.45, 2.75) is 20.0 Å². The van der Waals surface area contributed by atoms with Crippen molar-refractivity contribution in [3.63, 3.8) is 0 Å². The standard InChI is InChI=1S/C11H12Cl2O3/c1-6(2)16-10-8(11(14)15-3)4-7(12)5-9(10)13/h4-6H,1-3H3. The van der Waals surface area contributed by atoms with Crippen LogP contribution in [0.15, 0.2) is 12.1 Å². The van der Waals surface area contributed by atoms with Gasteiger partial charge in [-0.05, 0) is 26.0 Å². The van der Waals surface area contributed by atoms with Crippen LogP contribution in [0.25, 0.3) is 0 Å². The minimum Gasteiger partial charge on any atom is -0.489 e. The zero-order chi connectivity index (χ0) is 12.3. The van der Waals surface area contributed by atoms with E-state index in [4.69, 9.17) is 27.9 Å². The molecule has 1 rings (SSSR count). The highest BCUT2D eigenvalue weighted by Gasteiger charge is 2.18. The predicted octanol–water partition coefficient (Wildman–Crippen LogP) is 3.57. The van der Waals surface area contributed by atoms with Crippen LogP contribution in [-0.4, -0.2) is 19.2 Å². The molecule has 0 aliphatic rings. The molecule has 5 heteroatoms. The minimum atomic E-state index is -0.528. The van der Waals surface area contributed by atoms with Gasteiger partial charge in [-0.25, -0.2) is 4.79 Å². The highest BCUT2D eigenvalue weighted by atomic mass is 35.5. The first kappa shape index (κ1) is 13.1. The van der Waals surface area contributed by atoms with E-state index in [2.05, 4.69) is 4.74 Å². The lowest BCUT2D eigenvalue weighted by molar-refractivity contribution is 0.0594. The summed E-state index contributed by atoms with van der Waals surface area (Å²) < 4.78 is 10.1. The number of esters is 1. The van der Waals surface area contributed by atoms with Crippen molar-refractivity contribution in [2.24, 2.45) is 0 Å². The largest absolute Gasteiger partial charge is 0.489 e. The fourth-order valence-electron chi connectivity index (χ4n) is 1.18. The smallest absolute Gasteiger partial charge is 0.341 e. The molecule has 0 spiro atoms. The zero-order valence-corrected chi connectivity index (χ0v) is 10.7. The molecule has 0 amide bonds. The molecule has 0 unspecified atom stereocenters. The Morgan fingerprint density at radius 2 is 1.94 bits per heavy atom. The van der Waals surface area contributed by atoms with E-state index in [1.807, 2.05) is 13.8 Å². The van der Waals surface area contributed by atoms with Crippen LogP contribution in [0.4, 0.5) is 0 Å². The first-order chi connectivity index (χ1) is 7.45. The average Bonchev–Trinajstić information content (AvgIpc) is 2.20. The van der Waals surface area contributed by atoms with Crippen LogP contribution in [0.5, 0.6) is 5.75 Å². The summed E-state index contributed by atoms with van der Waals surface area (Å²) in [6.07, 6.45) is -0.0953. The summed E-state index contributed by atoms with van der Waals surface area (Å²) in [5.41, 5.74) is 0.230. The lowest BCUT2D eigenvalue weighted by Crippen LogP contribution is -2.11. The molecule has 0 N–H and O–H groups in total. The number of carbonyl (C=O) groups is 1. The maximum Gasteiger partial charge on any atom is 0.341 e. The molecule has 0 aliphatic heterocycles. The topological polar surface area (TPSA) is 35.5 Å². The second-order valence-corrected chi connectivity index (χ2v) is 4.27. The summed E-state index contributed by atoms with van der Waals surface area (Å²) >= 11 is 11.8. The van der Waals surface area contributed by atoms with Crippen molar-refractivity contribution in [1.29, 1.82) is 0 Å². The normalized spacial score (nSPS) is 10.4. The first-order valence-electron chi connectivity index (χ1n) is 4.69. The third kappa shape index (κ3) is 3.03. The van der Waals surface area contributed by atoms with E-state index in [0.29, 0.717) is 15.8 Å². The van der Waals surface area contributed by atoms with Gasteiger partial charge in [-0.2, -0.15) is 0 Å². The lowest BCUT2D eigenvalue weighted by atomic mass is 10.2. The van der Waals surface area contributed by atoms with Crippen molar-refractivity contribution >= 4 is 29.2 Å². The van der Waals surface area contributed by atoms with E-state index in [9.17, 15) is 4.79 Å². The number of benzene rings is 1. The number of hydrogen-bond donors (Lipinski definition) is 0. The second kappa shape index (κ2) is 5.41. The molecule has 3 nitrogen and oxygen atoms in total. The van der Waals surface area contributed by atoms with Gasteiger partial charge in [0.2, 0.25) is 0 Å². The molecule has 0 atom stereocenters. The number of hydrogen-bond acceptors (Lipinski definition) is 3. The van der Waals surface area contributed by atoms with Gasteiger partial charge in [0.25, 0.3) is 0 Å². The molecule has 1 aromatic rings. The van der Waals surface area contributed by atoms with Crippen molar-refractivity contribution in [1.82, 2.24) is 0 Å². The molecule has 88 valence electrons. The molecule has 0 saturated heterocycles. The minimum absolute atomic E-state index is 0.0953. The zero-order valence-electron chi connectivity index (χ0n) is 9.21. The Labute approximate surface area is 104 Å². The van der Waals surface area contributed by atoms with Crippen LogP contribution < -0.4 is 4.74 Å². The Hall–Kier alpha value is -0.930. The van der Waals surface area contributed by atoms with Crippen LogP contribution in [0, 0.1) is 0 Å². The second-order valence-electron chi connectivity index (χ2n) is 3.42. The van der Waals surface area contributed by atoms with E-state index >= 15 is 0 Å². The summed E-state index contributed by atoms with van der Waals surface area (Å²) in [5, 5.41) is 0.656. The van der Waals surface area contributed by atoms with E-state index in [-0.39, 0.29) is 11.7 Å². The Bertz CT molecular complexity index is 402.